The molecule has 0 N–H and O–H groups in total. The molecule has 1 heterocycles. The van der Waals surface area contributed by atoms with Crippen LogP contribution in [0.25, 0.3) is 0 Å². The molecule has 3 aromatic rings. The van der Waals surface area contributed by atoms with Crippen molar-refractivity contribution >= 4 is 35.1 Å². The number of rotatable bonds is 6. The van der Waals surface area contributed by atoms with E-state index in [0.717, 1.165) is 16.5 Å². The Labute approximate surface area is 142 Å². The molecule has 1 aromatic heterocycles. The lowest BCUT2D eigenvalue weighted by molar-refractivity contribution is 0.453. The normalized spacial score (nSPS) is 10.8. The fourth-order valence-corrected chi connectivity index (χ4v) is 3.73. The zero-order valence-corrected chi connectivity index (χ0v) is 14.0. The topological polar surface area (TPSA) is 38.9 Å². The van der Waals surface area contributed by atoms with Crippen LogP contribution in [0.15, 0.2) is 69.5 Å². The van der Waals surface area contributed by atoms with Crippen molar-refractivity contribution in [3.05, 3.63) is 71.1 Å². The quantitative estimate of drug-likeness (QED) is 0.564. The summed E-state index contributed by atoms with van der Waals surface area (Å²) in [5.74, 6) is 1.74. The molecule has 3 nitrogen and oxygen atoms in total. The van der Waals surface area contributed by atoms with Gasteiger partial charge in [0, 0.05) is 21.4 Å². The van der Waals surface area contributed by atoms with Crippen molar-refractivity contribution in [3.8, 4) is 0 Å². The zero-order chi connectivity index (χ0) is 15.2. The Morgan fingerprint density at radius 3 is 2.23 bits per heavy atom. The highest BCUT2D eigenvalue weighted by molar-refractivity contribution is 7.98. The number of thioether (sulfide) groups is 2. The van der Waals surface area contributed by atoms with Crippen LogP contribution in [-0.2, 0) is 11.5 Å². The van der Waals surface area contributed by atoms with Gasteiger partial charge in [-0.3, -0.25) is 0 Å². The van der Waals surface area contributed by atoms with E-state index in [9.17, 15) is 0 Å². The van der Waals surface area contributed by atoms with Crippen LogP contribution in [0.2, 0.25) is 5.02 Å². The minimum atomic E-state index is 0.597. The molecule has 0 spiro atoms. The average Bonchev–Trinajstić information content (AvgIpc) is 3.07. The van der Waals surface area contributed by atoms with Crippen LogP contribution in [0.4, 0.5) is 0 Å². The van der Waals surface area contributed by atoms with Gasteiger partial charge in [-0.2, -0.15) is 0 Å². The summed E-state index contributed by atoms with van der Waals surface area (Å²) in [6, 6.07) is 16.3. The van der Waals surface area contributed by atoms with Crippen molar-refractivity contribution in [2.24, 2.45) is 0 Å². The van der Waals surface area contributed by atoms with Gasteiger partial charge in [-0.25, -0.2) is 0 Å². The second kappa shape index (κ2) is 7.72. The molecule has 0 unspecified atom stereocenters. The zero-order valence-electron chi connectivity index (χ0n) is 11.6. The van der Waals surface area contributed by atoms with Gasteiger partial charge < -0.3 is 4.42 Å². The maximum Gasteiger partial charge on any atom is 0.276 e. The van der Waals surface area contributed by atoms with Crippen molar-refractivity contribution in [1.82, 2.24) is 10.2 Å². The highest BCUT2D eigenvalue weighted by Gasteiger charge is 2.06. The molecule has 0 amide bonds. The number of aromatic nitrogens is 2. The van der Waals surface area contributed by atoms with E-state index in [0.29, 0.717) is 5.22 Å². The Bertz CT molecular complexity index is 717. The second-order valence-corrected chi connectivity index (χ2v) is 6.92. The predicted molar refractivity (Wildman–Crippen MR) is 91.3 cm³/mol. The van der Waals surface area contributed by atoms with Crippen LogP contribution < -0.4 is 0 Å². The van der Waals surface area contributed by atoms with Gasteiger partial charge >= 0.3 is 0 Å². The SMILES string of the molecule is Clc1ccc(SCc2ccccc2CSc2nnco2)cc1. The monoisotopic (exact) mass is 348 g/mol. The van der Waals surface area contributed by atoms with Crippen molar-refractivity contribution in [2.45, 2.75) is 21.6 Å². The maximum absolute atomic E-state index is 5.91. The first kappa shape index (κ1) is 15.5. The van der Waals surface area contributed by atoms with E-state index < -0.39 is 0 Å². The van der Waals surface area contributed by atoms with Crippen molar-refractivity contribution in [2.75, 3.05) is 0 Å². The number of hydrogen-bond donors (Lipinski definition) is 0. The van der Waals surface area contributed by atoms with E-state index in [-0.39, 0.29) is 0 Å². The van der Waals surface area contributed by atoms with Crippen LogP contribution in [0, 0.1) is 0 Å². The largest absolute Gasteiger partial charge is 0.419 e. The molecule has 0 bridgehead atoms. The molecule has 0 saturated heterocycles. The molecule has 0 fully saturated rings. The smallest absolute Gasteiger partial charge is 0.276 e. The lowest BCUT2D eigenvalue weighted by Gasteiger charge is -2.08. The van der Waals surface area contributed by atoms with Crippen LogP contribution in [0.3, 0.4) is 0 Å². The summed E-state index contributed by atoms with van der Waals surface area (Å²) in [7, 11) is 0. The van der Waals surface area contributed by atoms with E-state index in [4.69, 9.17) is 16.0 Å². The first-order valence-corrected chi connectivity index (χ1v) is 9.00. The minimum Gasteiger partial charge on any atom is -0.419 e. The molecule has 0 aliphatic carbocycles. The third-order valence-electron chi connectivity index (χ3n) is 3.02. The van der Waals surface area contributed by atoms with Gasteiger partial charge in [-0.05, 0) is 35.4 Å². The minimum absolute atomic E-state index is 0.597. The molecule has 0 aliphatic rings. The summed E-state index contributed by atoms with van der Waals surface area (Å²) in [4.78, 5) is 1.21. The Kier molecular flexibility index (Phi) is 5.43. The first-order valence-electron chi connectivity index (χ1n) is 6.65. The van der Waals surface area contributed by atoms with Crippen LogP contribution in [0.5, 0.6) is 0 Å². The summed E-state index contributed by atoms with van der Waals surface area (Å²) < 4.78 is 5.16. The lowest BCUT2D eigenvalue weighted by Crippen LogP contribution is -1.90. The van der Waals surface area contributed by atoms with Crippen LogP contribution in [-0.4, -0.2) is 10.2 Å². The van der Waals surface area contributed by atoms with E-state index in [2.05, 4.69) is 34.5 Å². The van der Waals surface area contributed by atoms with Crippen LogP contribution >= 0.6 is 35.1 Å². The Balaban J connectivity index is 1.64. The predicted octanol–water partition coefficient (Wildman–Crippen LogP) is 5.31. The Morgan fingerprint density at radius 2 is 1.59 bits per heavy atom. The third kappa shape index (κ3) is 4.29. The van der Waals surface area contributed by atoms with Crippen molar-refractivity contribution in [3.63, 3.8) is 0 Å². The highest BCUT2D eigenvalue weighted by Crippen LogP contribution is 2.28. The highest BCUT2D eigenvalue weighted by atomic mass is 35.5. The summed E-state index contributed by atoms with van der Waals surface area (Å²) in [6.45, 7) is 0. The second-order valence-electron chi connectivity index (χ2n) is 4.50. The van der Waals surface area contributed by atoms with Crippen LogP contribution in [0.1, 0.15) is 11.1 Å². The molecular weight excluding hydrogens is 336 g/mol. The molecule has 6 heteroatoms. The van der Waals surface area contributed by atoms with Gasteiger partial charge in [-0.1, -0.05) is 47.6 Å². The Morgan fingerprint density at radius 1 is 0.909 bits per heavy atom. The standard InChI is InChI=1S/C16H13ClN2OS2/c17-14-5-7-15(8-6-14)21-9-12-3-1-2-4-13(12)10-22-16-19-18-11-20-16/h1-8,11H,9-10H2. The molecule has 0 atom stereocenters. The van der Waals surface area contributed by atoms with Gasteiger partial charge in [-0.15, -0.1) is 22.0 Å². The molecule has 22 heavy (non-hydrogen) atoms. The van der Waals surface area contributed by atoms with E-state index >= 15 is 0 Å². The van der Waals surface area contributed by atoms with E-state index in [1.807, 2.05) is 24.3 Å². The number of nitrogens with zero attached hydrogens (tertiary/aromatic N) is 2. The molecule has 0 radical (unpaired) electrons. The van der Waals surface area contributed by atoms with Gasteiger partial charge in [0.25, 0.3) is 5.22 Å². The molecule has 0 aliphatic heterocycles. The maximum atomic E-state index is 5.91. The number of hydrogen-bond acceptors (Lipinski definition) is 5. The number of halogens is 1. The van der Waals surface area contributed by atoms with Gasteiger partial charge in [0.1, 0.15) is 0 Å². The van der Waals surface area contributed by atoms with Gasteiger partial charge in [0.15, 0.2) is 0 Å². The molecule has 3 rings (SSSR count). The van der Waals surface area contributed by atoms with Crippen molar-refractivity contribution in [1.29, 1.82) is 0 Å². The van der Waals surface area contributed by atoms with E-state index in [1.165, 1.54) is 22.4 Å². The number of benzene rings is 2. The lowest BCUT2D eigenvalue weighted by atomic mass is 10.1. The molecule has 0 saturated carbocycles. The molecule has 112 valence electrons. The van der Waals surface area contributed by atoms with Gasteiger partial charge in [0.2, 0.25) is 6.39 Å². The third-order valence-corrected chi connectivity index (χ3v) is 5.21. The molecule has 2 aromatic carbocycles. The summed E-state index contributed by atoms with van der Waals surface area (Å²) in [5, 5.41) is 8.94. The Hall–Kier alpha value is -1.43. The van der Waals surface area contributed by atoms with Crippen molar-refractivity contribution < 1.29 is 4.42 Å². The fourth-order valence-electron chi connectivity index (χ4n) is 1.90. The summed E-state index contributed by atoms with van der Waals surface area (Å²) in [6.07, 6.45) is 1.35. The first-order chi connectivity index (χ1) is 10.8. The molecular formula is C16H13ClN2OS2. The summed E-state index contributed by atoms with van der Waals surface area (Å²) >= 11 is 9.26. The fraction of sp³-hybridized carbons (Fsp3) is 0.125. The van der Waals surface area contributed by atoms with Gasteiger partial charge in [0.05, 0.1) is 0 Å². The summed E-state index contributed by atoms with van der Waals surface area (Å²) in [5.41, 5.74) is 2.60. The average molecular weight is 349 g/mol. The van der Waals surface area contributed by atoms with E-state index in [1.54, 1.807) is 23.5 Å².